The van der Waals surface area contributed by atoms with Crippen LogP contribution in [-0.4, -0.2) is 0 Å². The van der Waals surface area contributed by atoms with Crippen LogP contribution in [0.5, 0.6) is 0 Å². The third-order valence-corrected chi connectivity index (χ3v) is 4.41. The van der Waals surface area contributed by atoms with Crippen LogP contribution in [0.2, 0.25) is 5.02 Å². The highest BCUT2D eigenvalue weighted by atomic mass is 35.5. The van der Waals surface area contributed by atoms with Crippen molar-refractivity contribution >= 4 is 17.3 Å². The van der Waals surface area contributed by atoms with Crippen molar-refractivity contribution in [3.8, 4) is 0 Å². The minimum Gasteiger partial charge on any atom is -0.378 e. The first-order valence-corrected chi connectivity index (χ1v) is 7.45. The van der Waals surface area contributed by atoms with E-state index in [0.717, 1.165) is 11.4 Å². The number of halogens is 1. The number of anilines is 1. The average Bonchev–Trinajstić information content (AvgIpc) is 2.61. The molecular formula is C18H20ClN. The Morgan fingerprint density at radius 1 is 1.15 bits per heavy atom. The second-order valence-corrected chi connectivity index (χ2v) is 6.89. The molecule has 3 rings (SSSR count). The molecule has 0 aliphatic heterocycles. The Bertz CT molecular complexity index is 646. The van der Waals surface area contributed by atoms with Crippen LogP contribution in [0.15, 0.2) is 42.5 Å². The van der Waals surface area contributed by atoms with E-state index >= 15 is 0 Å². The first-order valence-electron chi connectivity index (χ1n) is 7.07. The number of hydrogen-bond donors (Lipinski definition) is 1. The van der Waals surface area contributed by atoms with Gasteiger partial charge in [-0.05, 0) is 59.7 Å². The van der Waals surface area contributed by atoms with Gasteiger partial charge in [-0.3, -0.25) is 0 Å². The number of benzene rings is 2. The topological polar surface area (TPSA) is 12.0 Å². The van der Waals surface area contributed by atoms with Crippen LogP contribution in [0.3, 0.4) is 0 Å². The molecule has 20 heavy (non-hydrogen) atoms. The summed E-state index contributed by atoms with van der Waals surface area (Å²) < 4.78 is 0. The normalized spacial score (nSPS) is 19.7. The maximum Gasteiger partial charge on any atom is 0.0571 e. The molecule has 1 aliphatic rings. The Morgan fingerprint density at radius 3 is 2.70 bits per heavy atom. The Morgan fingerprint density at radius 2 is 1.95 bits per heavy atom. The van der Waals surface area contributed by atoms with Crippen LogP contribution >= 0.6 is 11.6 Å². The SMILES string of the molecule is Cc1cccc(NC2c3cc(Cl)ccc3CC2(C)C)c1. The Labute approximate surface area is 126 Å². The Kier molecular flexibility index (Phi) is 3.25. The molecule has 104 valence electrons. The molecule has 0 spiro atoms. The maximum atomic E-state index is 6.18. The summed E-state index contributed by atoms with van der Waals surface area (Å²) in [5.74, 6) is 0. The van der Waals surface area contributed by atoms with Gasteiger partial charge < -0.3 is 5.32 Å². The molecule has 0 amide bonds. The van der Waals surface area contributed by atoms with E-state index in [1.54, 1.807) is 0 Å². The molecule has 0 saturated heterocycles. The van der Waals surface area contributed by atoms with Gasteiger partial charge in [-0.15, -0.1) is 0 Å². The largest absolute Gasteiger partial charge is 0.378 e. The van der Waals surface area contributed by atoms with Crippen molar-refractivity contribution in [3.05, 3.63) is 64.2 Å². The molecule has 1 unspecified atom stereocenters. The first kappa shape index (κ1) is 13.5. The van der Waals surface area contributed by atoms with Gasteiger partial charge in [-0.1, -0.05) is 43.6 Å². The van der Waals surface area contributed by atoms with Crippen molar-refractivity contribution in [2.24, 2.45) is 5.41 Å². The van der Waals surface area contributed by atoms with Gasteiger partial charge in [0.05, 0.1) is 6.04 Å². The van der Waals surface area contributed by atoms with E-state index in [4.69, 9.17) is 11.6 Å². The summed E-state index contributed by atoms with van der Waals surface area (Å²) in [5, 5.41) is 4.51. The molecule has 0 heterocycles. The lowest BCUT2D eigenvalue weighted by atomic mass is 9.85. The third-order valence-electron chi connectivity index (χ3n) is 4.18. The van der Waals surface area contributed by atoms with Gasteiger partial charge in [0, 0.05) is 10.7 Å². The summed E-state index contributed by atoms with van der Waals surface area (Å²) in [4.78, 5) is 0. The zero-order valence-corrected chi connectivity index (χ0v) is 13.0. The van der Waals surface area contributed by atoms with Gasteiger partial charge in [0.25, 0.3) is 0 Å². The lowest BCUT2D eigenvalue weighted by molar-refractivity contribution is 0.337. The summed E-state index contributed by atoms with van der Waals surface area (Å²) in [6.45, 7) is 6.75. The third kappa shape index (κ3) is 2.43. The Balaban J connectivity index is 1.98. The van der Waals surface area contributed by atoms with Crippen molar-refractivity contribution in [1.82, 2.24) is 0 Å². The van der Waals surface area contributed by atoms with E-state index in [1.165, 1.54) is 22.4 Å². The Hall–Kier alpha value is -1.47. The fraction of sp³-hybridized carbons (Fsp3) is 0.333. The van der Waals surface area contributed by atoms with Crippen LogP contribution in [0.25, 0.3) is 0 Å². The van der Waals surface area contributed by atoms with E-state index in [0.29, 0.717) is 6.04 Å². The van der Waals surface area contributed by atoms with Crippen molar-refractivity contribution in [1.29, 1.82) is 0 Å². The van der Waals surface area contributed by atoms with E-state index in [-0.39, 0.29) is 5.41 Å². The lowest BCUT2D eigenvalue weighted by Gasteiger charge is -2.29. The van der Waals surface area contributed by atoms with Crippen molar-refractivity contribution in [3.63, 3.8) is 0 Å². The monoisotopic (exact) mass is 285 g/mol. The number of fused-ring (bicyclic) bond motifs is 1. The van der Waals surface area contributed by atoms with E-state index < -0.39 is 0 Å². The van der Waals surface area contributed by atoms with Crippen molar-refractivity contribution in [2.45, 2.75) is 33.2 Å². The predicted molar refractivity (Wildman–Crippen MR) is 86.5 cm³/mol. The second-order valence-electron chi connectivity index (χ2n) is 6.46. The standard InChI is InChI=1S/C18H20ClN/c1-12-5-4-6-15(9-12)20-17-16-10-14(19)8-7-13(16)11-18(17,2)3/h4-10,17,20H,11H2,1-3H3. The molecular weight excluding hydrogens is 266 g/mol. The molecule has 2 heteroatoms. The quantitative estimate of drug-likeness (QED) is 0.781. The van der Waals surface area contributed by atoms with Crippen LogP contribution in [-0.2, 0) is 6.42 Å². The highest BCUT2D eigenvalue weighted by molar-refractivity contribution is 6.30. The summed E-state index contributed by atoms with van der Waals surface area (Å²) in [6, 6.07) is 15.1. The van der Waals surface area contributed by atoms with Gasteiger partial charge in [-0.2, -0.15) is 0 Å². The number of hydrogen-bond acceptors (Lipinski definition) is 1. The van der Waals surface area contributed by atoms with Crippen LogP contribution in [0, 0.1) is 12.3 Å². The second kappa shape index (κ2) is 4.82. The van der Waals surface area contributed by atoms with E-state index in [2.05, 4.69) is 62.5 Å². The molecule has 1 nitrogen and oxygen atoms in total. The average molecular weight is 286 g/mol. The maximum absolute atomic E-state index is 6.18. The number of nitrogens with one attached hydrogen (secondary N) is 1. The highest BCUT2D eigenvalue weighted by Gasteiger charge is 2.38. The van der Waals surface area contributed by atoms with Gasteiger partial charge in [0.1, 0.15) is 0 Å². The molecule has 2 aromatic rings. The zero-order chi connectivity index (χ0) is 14.3. The zero-order valence-electron chi connectivity index (χ0n) is 12.2. The van der Waals surface area contributed by atoms with Crippen molar-refractivity contribution in [2.75, 3.05) is 5.32 Å². The molecule has 1 N–H and O–H groups in total. The summed E-state index contributed by atoms with van der Waals surface area (Å²) in [5.41, 5.74) is 5.39. The van der Waals surface area contributed by atoms with Gasteiger partial charge in [0.2, 0.25) is 0 Å². The van der Waals surface area contributed by atoms with Gasteiger partial charge >= 0.3 is 0 Å². The van der Waals surface area contributed by atoms with Crippen LogP contribution in [0.1, 0.15) is 36.6 Å². The molecule has 2 aromatic carbocycles. The predicted octanol–water partition coefficient (Wildman–Crippen LogP) is 5.38. The van der Waals surface area contributed by atoms with Gasteiger partial charge in [0.15, 0.2) is 0 Å². The summed E-state index contributed by atoms with van der Waals surface area (Å²) in [6.07, 6.45) is 1.09. The first-order chi connectivity index (χ1) is 9.45. The fourth-order valence-electron chi connectivity index (χ4n) is 3.18. The number of rotatable bonds is 2. The van der Waals surface area contributed by atoms with Gasteiger partial charge in [-0.25, -0.2) is 0 Å². The van der Waals surface area contributed by atoms with E-state index in [1.807, 2.05) is 6.07 Å². The number of aryl methyl sites for hydroxylation is 1. The fourth-order valence-corrected chi connectivity index (χ4v) is 3.36. The molecule has 1 aliphatic carbocycles. The minimum atomic E-state index is 0.191. The summed E-state index contributed by atoms with van der Waals surface area (Å²) >= 11 is 6.18. The minimum absolute atomic E-state index is 0.191. The molecule has 1 atom stereocenters. The van der Waals surface area contributed by atoms with Crippen LogP contribution < -0.4 is 5.32 Å². The molecule has 0 saturated carbocycles. The smallest absolute Gasteiger partial charge is 0.0571 e. The molecule has 0 bridgehead atoms. The van der Waals surface area contributed by atoms with E-state index in [9.17, 15) is 0 Å². The summed E-state index contributed by atoms with van der Waals surface area (Å²) in [7, 11) is 0. The highest BCUT2D eigenvalue weighted by Crippen LogP contribution is 2.47. The van der Waals surface area contributed by atoms with Crippen molar-refractivity contribution < 1.29 is 0 Å². The lowest BCUT2D eigenvalue weighted by Crippen LogP contribution is -2.24. The molecule has 0 aromatic heterocycles. The molecule has 0 radical (unpaired) electrons. The van der Waals surface area contributed by atoms with Crippen LogP contribution in [0.4, 0.5) is 5.69 Å². The molecule has 0 fully saturated rings.